The third-order valence-corrected chi connectivity index (χ3v) is 3.63. The maximum absolute atomic E-state index is 12.0. The highest BCUT2D eigenvalue weighted by Gasteiger charge is 2.24. The van der Waals surface area contributed by atoms with Crippen LogP contribution in [0.25, 0.3) is 0 Å². The number of carbonyl (C=O) groups is 1. The largest absolute Gasteiger partial charge is 0.379 e. The zero-order valence-electron chi connectivity index (χ0n) is 10.9. The fraction of sp³-hybridized carbons (Fsp3) is 0.500. The number of morpholine rings is 1. The number of rotatable bonds is 3. The first kappa shape index (κ1) is 12.4. The molecule has 102 valence electrons. The molecule has 5 nitrogen and oxygen atoms in total. The first-order valence-corrected chi connectivity index (χ1v) is 6.79. The van der Waals surface area contributed by atoms with E-state index < -0.39 is 0 Å². The minimum atomic E-state index is 0.135. The van der Waals surface area contributed by atoms with Gasteiger partial charge in [-0.3, -0.25) is 4.79 Å². The molecule has 2 aliphatic heterocycles. The molecule has 1 unspecified atom stereocenters. The Labute approximate surface area is 112 Å². The Hall–Kier alpha value is -1.59. The average Bonchev–Trinajstić information content (AvgIpc) is 2.47. The fourth-order valence-electron chi connectivity index (χ4n) is 2.59. The zero-order valence-corrected chi connectivity index (χ0v) is 10.9. The highest BCUT2D eigenvalue weighted by atomic mass is 16.5. The molecule has 1 fully saturated rings. The summed E-state index contributed by atoms with van der Waals surface area (Å²) in [6, 6.07) is 8.30. The quantitative estimate of drug-likeness (QED) is 0.846. The van der Waals surface area contributed by atoms with Gasteiger partial charge in [-0.25, -0.2) is 0 Å². The first-order valence-electron chi connectivity index (χ1n) is 6.79. The summed E-state index contributed by atoms with van der Waals surface area (Å²) in [5, 5.41) is 6.57. The summed E-state index contributed by atoms with van der Waals surface area (Å²) in [5.74, 6) is 0.135. The number of ether oxygens (including phenoxy) is 1. The Morgan fingerprint density at radius 2 is 2.26 bits per heavy atom. The molecule has 0 aliphatic carbocycles. The van der Waals surface area contributed by atoms with Gasteiger partial charge in [0.1, 0.15) is 0 Å². The molecule has 2 heterocycles. The molecule has 2 N–H and O–H groups in total. The van der Waals surface area contributed by atoms with Gasteiger partial charge in [-0.2, -0.15) is 0 Å². The number of para-hydroxylation sites is 2. The van der Waals surface area contributed by atoms with E-state index in [1.807, 2.05) is 29.2 Å². The summed E-state index contributed by atoms with van der Waals surface area (Å²) in [6.45, 7) is 3.54. The van der Waals surface area contributed by atoms with Crippen molar-refractivity contribution in [2.75, 3.05) is 43.1 Å². The van der Waals surface area contributed by atoms with Crippen molar-refractivity contribution in [3.05, 3.63) is 24.3 Å². The van der Waals surface area contributed by atoms with Crippen molar-refractivity contribution in [1.29, 1.82) is 0 Å². The number of amides is 1. The lowest BCUT2D eigenvalue weighted by Crippen LogP contribution is -2.46. The maximum Gasteiger partial charge on any atom is 0.246 e. The molecule has 1 atom stereocenters. The molecule has 0 aromatic heterocycles. The standard InChI is InChI=1S/C14H19N3O2/c18-14-9-16-12-3-1-2-4-13(12)17(14)7-5-11-10-19-8-6-15-11/h1-4,11,15-16H,5-10H2. The summed E-state index contributed by atoms with van der Waals surface area (Å²) in [5.41, 5.74) is 2.02. The van der Waals surface area contributed by atoms with Gasteiger partial charge >= 0.3 is 0 Å². The van der Waals surface area contributed by atoms with Gasteiger partial charge in [0.25, 0.3) is 0 Å². The molecule has 0 spiro atoms. The van der Waals surface area contributed by atoms with Gasteiger partial charge in [0.05, 0.1) is 31.1 Å². The molecular weight excluding hydrogens is 242 g/mol. The monoisotopic (exact) mass is 261 g/mol. The topological polar surface area (TPSA) is 53.6 Å². The van der Waals surface area contributed by atoms with Crippen LogP contribution in [0.2, 0.25) is 0 Å². The van der Waals surface area contributed by atoms with Crippen LogP contribution in [-0.4, -0.2) is 44.8 Å². The van der Waals surface area contributed by atoms with Gasteiger partial charge in [0.15, 0.2) is 0 Å². The number of benzene rings is 1. The van der Waals surface area contributed by atoms with Crippen molar-refractivity contribution in [3.8, 4) is 0 Å². The molecule has 5 heteroatoms. The zero-order chi connectivity index (χ0) is 13.1. The molecule has 19 heavy (non-hydrogen) atoms. The molecule has 1 aromatic rings. The highest BCUT2D eigenvalue weighted by Crippen LogP contribution is 2.29. The van der Waals surface area contributed by atoms with E-state index in [2.05, 4.69) is 10.6 Å². The summed E-state index contributed by atoms with van der Waals surface area (Å²) >= 11 is 0. The van der Waals surface area contributed by atoms with Gasteiger partial charge < -0.3 is 20.3 Å². The van der Waals surface area contributed by atoms with Gasteiger partial charge in [0.2, 0.25) is 5.91 Å². The predicted molar refractivity (Wildman–Crippen MR) is 74.5 cm³/mol. The third kappa shape index (κ3) is 2.72. The van der Waals surface area contributed by atoms with Gasteiger partial charge in [-0.15, -0.1) is 0 Å². The van der Waals surface area contributed by atoms with Crippen LogP contribution in [0.3, 0.4) is 0 Å². The Balaban J connectivity index is 1.67. The SMILES string of the molecule is O=C1CNc2ccccc2N1CCC1COCCN1. The van der Waals surface area contributed by atoms with Crippen molar-refractivity contribution in [2.24, 2.45) is 0 Å². The third-order valence-electron chi connectivity index (χ3n) is 3.63. The number of carbonyl (C=O) groups excluding carboxylic acids is 1. The number of nitrogens with one attached hydrogen (secondary N) is 2. The fourth-order valence-corrected chi connectivity index (χ4v) is 2.59. The number of hydrogen-bond donors (Lipinski definition) is 2. The molecule has 0 saturated carbocycles. The van der Waals surface area contributed by atoms with E-state index in [1.165, 1.54) is 0 Å². The van der Waals surface area contributed by atoms with Crippen LogP contribution in [0.15, 0.2) is 24.3 Å². The van der Waals surface area contributed by atoms with E-state index in [1.54, 1.807) is 0 Å². The normalized spacial score (nSPS) is 22.8. The molecular formula is C14H19N3O2. The summed E-state index contributed by atoms with van der Waals surface area (Å²) in [7, 11) is 0. The van der Waals surface area contributed by atoms with Crippen molar-refractivity contribution < 1.29 is 9.53 Å². The Kier molecular flexibility index (Phi) is 3.66. The van der Waals surface area contributed by atoms with Crippen LogP contribution in [0.5, 0.6) is 0 Å². The van der Waals surface area contributed by atoms with E-state index >= 15 is 0 Å². The van der Waals surface area contributed by atoms with E-state index in [0.717, 1.165) is 44.1 Å². The molecule has 0 radical (unpaired) electrons. The minimum Gasteiger partial charge on any atom is -0.379 e. The van der Waals surface area contributed by atoms with Crippen molar-refractivity contribution in [2.45, 2.75) is 12.5 Å². The van der Waals surface area contributed by atoms with Gasteiger partial charge in [-0.1, -0.05) is 12.1 Å². The Morgan fingerprint density at radius 3 is 3.11 bits per heavy atom. The van der Waals surface area contributed by atoms with E-state index in [0.29, 0.717) is 12.6 Å². The number of anilines is 2. The summed E-state index contributed by atoms with van der Waals surface area (Å²) < 4.78 is 5.44. The number of hydrogen-bond acceptors (Lipinski definition) is 4. The highest BCUT2D eigenvalue weighted by molar-refractivity contribution is 6.02. The Bertz CT molecular complexity index is 458. The second-order valence-electron chi connectivity index (χ2n) is 4.93. The number of fused-ring (bicyclic) bond motifs is 1. The first-order chi connectivity index (χ1) is 9.34. The van der Waals surface area contributed by atoms with Crippen LogP contribution >= 0.6 is 0 Å². The minimum absolute atomic E-state index is 0.135. The van der Waals surface area contributed by atoms with Crippen molar-refractivity contribution in [1.82, 2.24) is 5.32 Å². The Morgan fingerprint density at radius 1 is 1.37 bits per heavy atom. The van der Waals surface area contributed by atoms with Crippen LogP contribution in [0.1, 0.15) is 6.42 Å². The maximum atomic E-state index is 12.0. The lowest BCUT2D eigenvalue weighted by molar-refractivity contribution is -0.117. The van der Waals surface area contributed by atoms with Gasteiger partial charge in [-0.05, 0) is 18.6 Å². The molecule has 1 saturated heterocycles. The van der Waals surface area contributed by atoms with E-state index in [9.17, 15) is 4.79 Å². The summed E-state index contributed by atoms with van der Waals surface area (Å²) in [4.78, 5) is 13.9. The molecule has 1 amide bonds. The van der Waals surface area contributed by atoms with Gasteiger partial charge in [0, 0.05) is 19.1 Å². The second kappa shape index (κ2) is 5.59. The van der Waals surface area contributed by atoms with Crippen molar-refractivity contribution in [3.63, 3.8) is 0 Å². The van der Waals surface area contributed by atoms with Crippen LogP contribution in [0.4, 0.5) is 11.4 Å². The molecule has 2 aliphatic rings. The van der Waals surface area contributed by atoms with E-state index in [4.69, 9.17) is 4.74 Å². The number of nitrogens with zero attached hydrogens (tertiary/aromatic N) is 1. The molecule has 3 rings (SSSR count). The van der Waals surface area contributed by atoms with Crippen LogP contribution in [0, 0.1) is 0 Å². The van der Waals surface area contributed by atoms with Crippen LogP contribution in [-0.2, 0) is 9.53 Å². The summed E-state index contributed by atoms with van der Waals surface area (Å²) in [6.07, 6.45) is 0.917. The second-order valence-corrected chi connectivity index (χ2v) is 4.93. The van der Waals surface area contributed by atoms with Crippen molar-refractivity contribution >= 4 is 17.3 Å². The lowest BCUT2D eigenvalue weighted by atomic mass is 10.1. The van der Waals surface area contributed by atoms with Crippen LogP contribution < -0.4 is 15.5 Å². The smallest absolute Gasteiger partial charge is 0.246 e. The predicted octanol–water partition coefficient (Wildman–Crippen LogP) is 0.824. The molecule has 0 bridgehead atoms. The average molecular weight is 261 g/mol. The lowest BCUT2D eigenvalue weighted by Gasteiger charge is -2.32. The molecule has 1 aromatic carbocycles. The van der Waals surface area contributed by atoms with E-state index in [-0.39, 0.29) is 5.91 Å².